The fraction of sp³-hybridized carbons (Fsp3) is 0.462. The molecule has 16 heavy (non-hydrogen) atoms. The number of rotatable bonds is 5. The van der Waals surface area contributed by atoms with Crippen molar-refractivity contribution in [3.63, 3.8) is 0 Å². The highest BCUT2D eigenvalue weighted by Crippen LogP contribution is 2.21. The molecule has 0 spiro atoms. The van der Waals surface area contributed by atoms with Gasteiger partial charge in [0.25, 0.3) is 0 Å². The van der Waals surface area contributed by atoms with Crippen molar-refractivity contribution in [3.8, 4) is 6.07 Å². The maximum absolute atomic E-state index is 12.0. The van der Waals surface area contributed by atoms with Crippen LogP contribution in [-0.4, -0.2) is 10.8 Å². The van der Waals surface area contributed by atoms with E-state index < -0.39 is 5.92 Å². The van der Waals surface area contributed by atoms with Gasteiger partial charge in [0.05, 0.1) is 6.07 Å². The fourth-order valence-corrected chi connectivity index (χ4v) is 1.71. The Balaban J connectivity index is 2.84. The van der Waals surface area contributed by atoms with Gasteiger partial charge in [0.2, 0.25) is 0 Å². The molecule has 0 aliphatic rings. The Labute approximate surface area is 96.1 Å². The summed E-state index contributed by atoms with van der Waals surface area (Å²) in [4.78, 5) is 16.0. The largest absolute Gasteiger partial charge is 0.298 e. The minimum atomic E-state index is -0.671. The fourth-order valence-electron chi connectivity index (χ4n) is 1.71. The lowest BCUT2D eigenvalue weighted by Crippen LogP contribution is -2.19. The molecule has 1 heterocycles. The van der Waals surface area contributed by atoms with Crippen LogP contribution in [0.1, 0.15) is 38.2 Å². The molecule has 0 saturated heterocycles. The number of hydrogen-bond acceptors (Lipinski definition) is 3. The van der Waals surface area contributed by atoms with E-state index in [1.54, 1.807) is 24.5 Å². The summed E-state index contributed by atoms with van der Waals surface area (Å²) in [5.41, 5.74) is 0.693. The van der Waals surface area contributed by atoms with Gasteiger partial charge in [0.15, 0.2) is 5.78 Å². The molecule has 0 N–H and O–H groups in total. The Morgan fingerprint density at radius 1 is 1.62 bits per heavy atom. The Hall–Kier alpha value is -1.69. The summed E-state index contributed by atoms with van der Waals surface area (Å²) in [5, 5.41) is 9.07. The SMILES string of the molecule is CCCC(C)C(=O)C(C#N)c1cccnc1. The van der Waals surface area contributed by atoms with Crippen LogP contribution in [0, 0.1) is 17.2 Å². The lowest BCUT2D eigenvalue weighted by atomic mass is 9.88. The van der Waals surface area contributed by atoms with Crippen molar-refractivity contribution in [2.75, 3.05) is 0 Å². The average molecular weight is 216 g/mol. The molecule has 1 aromatic rings. The average Bonchev–Trinajstić information content (AvgIpc) is 2.31. The zero-order valence-corrected chi connectivity index (χ0v) is 9.68. The van der Waals surface area contributed by atoms with Gasteiger partial charge in [-0.25, -0.2) is 0 Å². The standard InChI is InChI=1S/C13H16N2O/c1-3-5-10(2)13(16)12(8-14)11-6-4-7-15-9-11/h4,6-7,9-10,12H,3,5H2,1-2H3. The molecule has 1 rings (SSSR count). The first kappa shape index (κ1) is 12.4. The van der Waals surface area contributed by atoms with E-state index >= 15 is 0 Å². The van der Waals surface area contributed by atoms with Crippen LogP contribution in [0.5, 0.6) is 0 Å². The third-order valence-corrected chi connectivity index (χ3v) is 2.64. The molecular formula is C13H16N2O. The number of nitriles is 1. The Morgan fingerprint density at radius 2 is 2.38 bits per heavy atom. The predicted octanol–water partition coefficient (Wildman–Crippen LogP) is 2.69. The van der Waals surface area contributed by atoms with Crippen LogP contribution in [0.15, 0.2) is 24.5 Å². The second-order valence-corrected chi connectivity index (χ2v) is 3.94. The maximum Gasteiger partial charge on any atom is 0.157 e. The van der Waals surface area contributed by atoms with Gasteiger partial charge in [-0.3, -0.25) is 9.78 Å². The molecule has 2 atom stereocenters. The molecule has 0 radical (unpaired) electrons. The second kappa shape index (κ2) is 6.02. The van der Waals surface area contributed by atoms with Crippen molar-refractivity contribution in [2.45, 2.75) is 32.6 Å². The van der Waals surface area contributed by atoms with E-state index in [1.165, 1.54) is 0 Å². The van der Waals surface area contributed by atoms with Gasteiger partial charge in [0, 0.05) is 18.3 Å². The first-order valence-corrected chi connectivity index (χ1v) is 5.54. The van der Waals surface area contributed by atoms with E-state index in [-0.39, 0.29) is 11.7 Å². The van der Waals surface area contributed by atoms with Crippen LogP contribution < -0.4 is 0 Å². The Morgan fingerprint density at radius 3 is 2.88 bits per heavy atom. The van der Waals surface area contributed by atoms with Gasteiger partial charge >= 0.3 is 0 Å². The molecule has 0 aliphatic carbocycles. The molecule has 0 aliphatic heterocycles. The molecule has 1 aromatic heterocycles. The van der Waals surface area contributed by atoms with Crippen molar-refractivity contribution >= 4 is 5.78 Å². The number of pyridine rings is 1. The number of hydrogen-bond donors (Lipinski definition) is 0. The summed E-state index contributed by atoms with van der Waals surface area (Å²) in [6.07, 6.45) is 5.01. The quantitative estimate of drug-likeness (QED) is 0.760. The topological polar surface area (TPSA) is 53.8 Å². The van der Waals surface area contributed by atoms with Crippen molar-refractivity contribution < 1.29 is 4.79 Å². The lowest BCUT2D eigenvalue weighted by Gasteiger charge is -2.13. The minimum Gasteiger partial charge on any atom is -0.298 e. The first-order valence-electron chi connectivity index (χ1n) is 5.54. The van der Waals surface area contributed by atoms with Gasteiger partial charge < -0.3 is 0 Å². The minimum absolute atomic E-state index is 0.00245. The van der Waals surface area contributed by atoms with E-state index in [4.69, 9.17) is 5.26 Å². The van der Waals surface area contributed by atoms with Crippen LogP contribution in [0.25, 0.3) is 0 Å². The van der Waals surface area contributed by atoms with Gasteiger partial charge in [-0.15, -0.1) is 0 Å². The highest BCUT2D eigenvalue weighted by molar-refractivity contribution is 5.90. The van der Waals surface area contributed by atoms with Gasteiger partial charge in [0.1, 0.15) is 5.92 Å². The van der Waals surface area contributed by atoms with Crippen LogP contribution in [0.4, 0.5) is 0 Å². The van der Waals surface area contributed by atoms with E-state index in [0.717, 1.165) is 12.8 Å². The summed E-state index contributed by atoms with van der Waals surface area (Å²) >= 11 is 0. The number of nitrogens with zero attached hydrogens (tertiary/aromatic N) is 2. The van der Waals surface area contributed by atoms with Crippen LogP contribution in [-0.2, 0) is 4.79 Å². The Kier molecular flexibility index (Phi) is 4.65. The highest BCUT2D eigenvalue weighted by atomic mass is 16.1. The molecule has 3 nitrogen and oxygen atoms in total. The number of aromatic nitrogens is 1. The highest BCUT2D eigenvalue weighted by Gasteiger charge is 2.24. The molecule has 3 heteroatoms. The van der Waals surface area contributed by atoms with E-state index in [2.05, 4.69) is 11.1 Å². The predicted molar refractivity (Wildman–Crippen MR) is 61.7 cm³/mol. The van der Waals surface area contributed by atoms with Crippen molar-refractivity contribution in [1.82, 2.24) is 4.98 Å². The summed E-state index contributed by atoms with van der Waals surface area (Å²) in [7, 11) is 0. The molecule has 0 fully saturated rings. The smallest absolute Gasteiger partial charge is 0.157 e. The van der Waals surface area contributed by atoms with E-state index in [9.17, 15) is 4.79 Å². The Bertz CT molecular complexity index is 381. The zero-order chi connectivity index (χ0) is 12.0. The zero-order valence-electron chi connectivity index (χ0n) is 9.68. The summed E-state index contributed by atoms with van der Waals surface area (Å²) in [6, 6.07) is 5.59. The molecule has 0 bridgehead atoms. The van der Waals surface area contributed by atoms with Crippen molar-refractivity contribution in [2.24, 2.45) is 5.92 Å². The molecular weight excluding hydrogens is 200 g/mol. The van der Waals surface area contributed by atoms with E-state index in [0.29, 0.717) is 5.56 Å². The van der Waals surface area contributed by atoms with Gasteiger partial charge in [-0.1, -0.05) is 26.3 Å². The summed E-state index contributed by atoms with van der Waals surface area (Å²) in [6.45, 7) is 3.92. The summed E-state index contributed by atoms with van der Waals surface area (Å²) in [5.74, 6) is -0.734. The summed E-state index contributed by atoms with van der Waals surface area (Å²) < 4.78 is 0. The van der Waals surface area contributed by atoms with Crippen LogP contribution >= 0.6 is 0 Å². The number of Topliss-reactive ketones (excluding diaryl/α,β-unsaturated/α-hetero) is 1. The maximum atomic E-state index is 12.0. The molecule has 0 aromatic carbocycles. The van der Waals surface area contributed by atoms with E-state index in [1.807, 2.05) is 13.8 Å². The molecule has 84 valence electrons. The number of carbonyl (C=O) groups excluding carboxylic acids is 1. The van der Waals surface area contributed by atoms with Gasteiger partial charge in [-0.05, 0) is 18.1 Å². The van der Waals surface area contributed by atoms with Crippen molar-refractivity contribution in [3.05, 3.63) is 30.1 Å². The van der Waals surface area contributed by atoms with Crippen LogP contribution in [0.2, 0.25) is 0 Å². The molecule has 0 amide bonds. The monoisotopic (exact) mass is 216 g/mol. The van der Waals surface area contributed by atoms with Crippen LogP contribution in [0.3, 0.4) is 0 Å². The molecule has 2 unspecified atom stereocenters. The number of carbonyl (C=O) groups is 1. The lowest BCUT2D eigenvalue weighted by molar-refractivity contribution is -0.122. The third kappa shape index (κ3) is 2.90. The second-order valence-electron chi connectivity index (χ2n) is 3.94. The normalized spacial score (nSPS) is 13.8. The molecule has 0 saturated carbocycles. The van der Waals surface area contributed by atoms with Gasteiger partial charge in [-0.2, -0.15) is 5.26 Å². The third-order valence-electron chi connectivity index (χ3n) is 2.64. The first-order chi connectivity index (χ1) is 7.70. The van der Waals surface area contributed by atoms with Crippen molar-refractivity contribution in [1.29, 1.82) is 5.26 Å². The number of ketones is 1.